The van der Waals surface area contributed by atoms with Crippen molar-refractivity contribution in [3.63, 3.8) is 0 Å². The molecule has 1 aromatic heterocycles. The molecule has 0 aliphatic heterocycles. The van der Waals surface area contributed by atoms with Gasteiger partial charge in [0.25, 0.3) is 15.6 Å². The fraction of sp³-hybridized carbons (Fsp3) is 0.105. The van der Waals surface area contributed by atoms with Crippen LogP contribution in [-0.4, -0.2) is 13.0 Å². The van der Waals surface area contributed by atoms with Crippen LogP contribution in [0.5, 0.6) is 0 Å². The van der Waals surface area contributed by atoms with E-state index in [1.54, 1.807) is 13.0 Å². The summed E-state index contributed by atoms with van der Waals surface area (Å²) in [5, 5.41) is 0. The van der Waals surface area contributed by atoms with Crippen molar-refractivity contribution in [2.75, 3.05) is 4.72 Å². The second-order valence-corrected chi connectivity index (χ2v) is 7.61. The highest BCUT2D eigenvalue weighted by Crippen LogP contribution is 2.26. The largest absolute Gasteiger partial charge is 0.317 e. The number of hydrogen-bond donors (Lipinski definition) is 1. The molecule has 134 valence electrons. The van der Waals surface area contributed by atoms with Gasteiger partial charge < -0.3 is 4.57 Å². The summed E-state index contributed by atoms with van der Waals surface area (Å²) < 4.78 is 42.8. The van der Waals surface area contributed by atoms with Crippen LogP contribution >= 0.6 is 0 Å². The van der Waals surface area contributed by atoms with Crippen molar-refractivity contribution in [2.45, 2.75) is 11.8 Å². The number of pyridine rings is 1. The predicted octanol–water partition coefficient (Wildman–Crippen LogP) is 3.30. The van der Waals surface area contributed by atoms with Crippen LogP contribution in [0.2, 0.25) is 0 Å². The smallest absolute Gasteiger partial charge is 0.271 e. The van der Waals surface area contributed by atoms with E-state index in [9.17, 15) is 17.6 Å². The van der Waals surface area contributed by atoms with Crippen LogP contribution in [0, 0.1) is 12.7 Å². The third-order valence-corrected chi connectivity index (χ3v) is 5.25. The first-order chi connectivity index (χ1) is 12.3. The number of benzene rings is 2. The highest BCUT2D eigenvalue weighted by atomic mass is 32.2. The SMILES string of the molecule is Cc1cc(S(=O)(=O)Nc2cc(-c3ccccc3)ccc2F)c(=O)n(C)c1. The molecule has 3 rings (SSSR count). The summed E-state index contributed by atoms with van der Waals surface area (Å²) in [4.78, 5) is 11.8. The number of aryl methyl sites for hydroxylation is 2. The van der Waals surface area contributed by atoms with E-state index in [1.165, 1.54) is 36.0 Å². The lowest BCUT2D eigenvalue weighted by molar-refractivity contribution is 0.595. The van der Waals surface area contributed by atoms with Crippen LogP contribution < -0.4 is 10.3 Å². The second kappa shape index (κ2) is 6.76. The third kappa shape index (κ3) is 3.52. The van der Waals surface area contributed by atoms with Gasteiger partial charge in [-0.2, -0.15) is 0 Å². The number of aromatic nitrogens is 1. The highest BCUT2D eigenvalue weighted by Gasteiger charge is 2.21. The Bertz CT molecular complexity index is 1120. The number of anilines is 1. The molecule has 7 heteroatoms. The van der Waals surface area contributed by atoms with Gasteiger partial charge in [-0.15, -0.1) is 0 Å². The van der Waals surface area contributed by atoms with Crippen molar-refractivity contribution in [1.29, 1.82) is 0 Å². The van der Waals surface area contributed by atoms with Gasteiger partial charge in [-0.3, -0.25) is 9.52 Å². The monoisotopic (exact) mass is 372 g/mol. The molecule has 0 atom stereocenters. The van der Waals surface area contributed by atoms with Crippen LogP contribution in [0.15, 0.2) is 70.5 Å². The Morgan fingerprint density at radius 2 is 1.69 bits per heavy atom. The molecular weight excluding hydrogens is 355 g/mol. The van der Waals surface area contributed by atoms with Crippen LogP contribution in [-0.2, 0) is 17.1 Å². The molecule has 0 amide bonds. The molecule has 26 heavy (non-hydrogen) atoms. The van der Waals surface area contributed by atoms with Crippen molar-refractivity contribution in [3.05, 3.63) is 82.5 Å². The lowest BCUT2D eigenvalue weighted by Crippen LogP contribution is -2.27. The molecule has 0 saturated carbocycles. The Kier molecular flexibility index (Phi) is 4.65. The van der Waals surface area contributed by atoms with E-state index in [1.807, 2.05) is 30.3 Å². The average molecular weight is 372 g/mol. The van der Waals surface area contributed by atoms with Crippen molar-refractivity contribution >= 4 is 15.7 Å². The Labute approximate surface area is 150 Å². The zero-order chi connectivity index (χ0) is 18.9. The van der Waals surface area contributed by atoms with E-state index in [4.69, 9.17) is 0 Å². The molecule has 3 aromatic rings. The maximum absolute atomic E-state index is 14.2. The van der Waals surface area contributed by atoms with Gasteiger partial charge in [-0.1, -0.05) is 36.4 Å². The fourth-order valence-corrected chi connectivity index (χ4v) is 3.92. The van der Waals surface area contributed by atoms with Gasteiger partial charge in [-0.05, 0) is 41.8 Å². The second-order valence-electron chi connectivity index (χ2n) is 5.96. The normalized spacial score (nSPS) is 11.3. The molecule has 0 spiro atoms. The van der Waals surface area contributed by atoms with Gasteiger partial charge in [0.15, 0.2) is 4.90 Å². The van der Waals surface area contributed by atoms with E-state index in [-0.39, 0.29) is 5.69 Å². The van der Waals surface area contributed by atoms with Crippen molar-refractivity contribution < 1.29 is 12.8 Å². The molecule has 1 heterocycles. The molecule has 5 nitrogen and oxygen atoms in total. The molecule has 0 aliphatic carbocycles. The zero-order valence-electron chi connectivity index (χ0n) is 14.2. The Balaban J connectivity index is 2.05. The van der Waals surface area contributed by atoms with E-state index in [0.717, 1.165) is 5.56 Å². The van der Waals surface area contributed by atoms with Crippen LogP contribution in [0.25, 0.3) is 11.1 Å². The molecule has 2 aromatic carbocycles. The minimum Gasteiger partial charge on any atom is -0.317 e. The molecule has 0 fully saturated rings. The quantitative estimate of drug-likeness (QED) is 0.764. The summed E-state index contributed by atoms with van der Waals surface area (Å²) in [5.41, 5.74) is 1.19. The van der Waals surface area contributed by atoms with Crippen molar-refractivity contribution in [2.24, 2.45) is 7.05 Å². The number of nitrogens with zero attached hydrogens (tertiary/aromatic N) is 1. The van der Waals surface area contributed by atoms with Crippen LogP contribution in [0.4, 0.5) is 10.1 Å². The zero-order valence-corrected chi connectivity index (χ0v) is 15.0. The lowest BCUT2D eigenvalue weighted by Gasteiger charge is -2.12. The molecule has 0 unspecified atom stereocenters. The van der Waals surface area contributed by atoms with E-state index in [0.29, 0.717) is 11.1 Å². The number of hydrogen-bond acceptors (Lipinski definition) is 3. The summed E-state index contributed by atoms with van der Waals surface area (Å²) in [6, 6.07) is 14.6. The predicted molar refractivity (Wildman–Crippen MR) is 99.1 cm³/mol. The summed E-state index contributed by atoms with van der Waals surface area (Å²) in [7, 11) is -2.77. The first kappa shape index (κ1) is 17.9. The first-order valence-electron chi connectivity index (χ1n) is 7.83. The van der Waals surface area contributed by atoms with E-state index in [2.05, 4.69) is 4.72 Å². The minimum absolute atomic E-state index is 0.213. The maximum Gasteiger partial charge on any atom is 0.271 e. The first-order valence-corrected chi connectivity index (χ1v) is 9.31. The van der Waals surface area contributed by atoms with Gasteiger partial charge in [0.1, 0.15) is 5.82 Å². The number of halogens is 1. The topological polar surface area (TPSA) is 68.2 Å². The molecule has 0 radical (unpaired) electrons. The average Bonchev–Trinajstić information content (AvgIpc) is 2.60. The number of sulfonamides is 1. The van der Waals surface area contributed by atoms with Crippen LogP contribution in [0.1, 0.15) is 5.56 Å². The van der Waals surface area contributed by atoms with E-state index < -0.39 is 26.3 Å². The Morgan fingerprint density at radius 1 is 1.00 bits per heavy atom. The molecule has 0 aliphatic rings. The third-order valence-electron chi connectivity index (χ3n) is 3.89. The molecule has 1 N–H and O–H groups in total. The molecular formula is C19H17FN2O3S. The van der Waals surface area contributed by atoms with Crippen LogP contribution in [0.3, 0.4) is 0 Å². The number of nitrogens with one attached hydrogen (secondary N) is 1. The standard InChI is InChI=1S/C19H17FN2O3S/c1-13-10-18(19(23)22(2)12-13)26(24,25)21-17-11-15(8-9-16(17)20)14-6-4-3-5-7-14/h3-12,21H,1-2H3. The van der Waals surface area contributed by atoms with E-state index >= 15 is 0 Å². The summed E-state index contributed by atoms with van der Waals surface area (Å²) >= 11 is 0. The molecule has 0 bridgehead atoms. The van der Waals surface area contributed by atoms with Crippen molar-refractivity contribution in [1.82, 2.24) is 4.57 Å². The Morgan fingerprint density at radius 3 is 2.38 bits per heavy atom. The maximum atomic E-state index is 14.2. The van der Waals surface area contributed by atoms with Gasteiger partial charge in [-0.25, -0.2) is 12.8 Å². The molecule has 0 saturated heterocycles. The highest BCUT2D eigenvalue weighted by molar-refractivity contribution is 7.92. The van der Waals surface area contributed by atoms with Gasteiger partial charge in [0.2, 0.25) is 0 Å². The van der Waals surface area contributed by atoms with Gasteiger partial charge >= 0.3 is 0 Å². The van der Waals surface area contributed by atoms with Crippen molar-refractivity contribution in [3.8, 4) is 11.1 Å². The summed E-state index contributed by atoms with van der Waals surface area (Å²) in [6.07, 6.45) is 1.53. The summed E-state index contributed by atoms with van der Waals surface area (Å²) in [5.74, 6) is -0.724. The van der Waals surface area contributed by atoms with Gasteiger partial charge in [0, 0.05) is 13.2 Å². The lowest BCUT2D eigenvalue weighted by atomic mass is 10.1. The minimum atomic E-state index is -4.23. The summed E-state index contributed by atoms with van der Waals surface area (Å²) in [6.45, 7) is 1.68. The Hall–Kier alpha value is -2.93. The number of rotatable bonds is 4. The van der Waals surface area contributed by atoms with Gasteiger partial charge in [0.05, 0.1) is 5.69 Å². The fourth-order valence-electron chi connectivity index (χ4n) is 2.65.